The molecule has 0 aromatic carbocycles. The molecule has 0 saturated heterocycles. The van der Waals surface area contributed by atoms with Gasteiger partial charge in [-0.1, -0.05) is 0 Å². The van der Waals surface area contributed by atoms with Gasteiger partial charge in [0, 0.05) is 0 Å². The number of carbonyl (C=O) groups is 1. The van der Waals surface area contributed by atoms with Gasteiger partial charge in [-0.25, -0.2) is 0 Å². The first-order valence-corrected chi connectivity index (χ1v) is 3.69. The van der Waals surface area contributed by atoms with Crippen molar-refractivity contribution in [3.8, 4) is 5.75 Å². The minimum atomic E-state index is -2.90. The molecule has 0 unspecified atom stereocenters. The summed E-state index contributed by atoms with van der Waals surface area (Å²) < 4.78 is 27.4. The van der Waals surface area contributed by atoms with Crippen molar-refractivity contribution < 1.29 is 23.4 Å². The molecule has 0 bridgehead atoms. The van der Waals surface area contributed by atoms with E-state index in [4.69, 9.17) is 5.11 Å². The number of aromatic nitrogens is 1. The number of pyridine rings is 1. The molecule has 0 aliphatic rings. The van der Waals surface area contributed by atoms with Crippen LogP contribution < -0.4 is 4.74 Å². The lowest BCUT2D eigenvalue weighted by atomic mass is 10.3. The van der Waals surface area contributed by atoms with Crippen LogP contribution in [-0.2, 0) is 11.2 Å². The number of aliphatic carboxylic acids is 1. The number of hydrogen-bond acceptors (Lipinski definition) is 3. The van der Waals surface area contributed by atoms with Crippen molar-refractivity contribution in [1.82, 2.24) is 4.98 Å². The van der Waals surface area contributed by atoms with Crippen molar-refractivity contribution in [3.63, 3.8) is 0 Å². The van der Waals surface area contributed by atoms with E-state index in [0.29, 0.717) is 5.69 Å². The molecule has 76 valence electrons. The molecular weight excluding hydrogens is 196 g/mol. The van der Waals surface area contributed by atoms with Gasteiger partial charge in [0.1, 0.15) is 5.75 Å². The third-order valence-electron chi connectivity index (χ3n) is 1.36. The zero-order valence-electron chi connectivity index (χ0n) is 6.98. The largest absolute Gasteiger partial charge is 0.481 e. The average Bonchev–Trinajstić information content (AvgIpc) is 2.06. The van der Waals surface area contributed by atoms with Gasteiger partial charge in [-0.05, 0) is 12.1 Å². The first-order valence-electron chi connectivity index (χ1n) is 3.69. The smallest absolute Gasteiger partial charge is 0.387 e. The zero-order valence-corrected chi connectivity index (χ0v) is 6.98. The summed E-state index contributed by atoms with van der Waals surface area (Å²) in [5.74, 6) is -1.12. The fourth-order valence-corrected chi connectivity index (χ4v) is 0.843. The molecule has 0 atom stereocenters. The van der Waals surface area contributed by atoms with Gasteiger partial charge < -0.3 is 9.84 Å². The Morgan fingerprint density at radius 1 is 1.57 bits per heavy atom. The molecule has 0 spiro atoms. The SMILES string of the molecule is O=C(O)Cc1ccc(OC(F)F)cn1. The Labute approximate surface area is 78.1 Å². The fraction of sp³-hybridized carbons (Fsp3) is 0.250. The number of ether oxygens (including phenoxy) is 1. The Hall–Kier alpha value is -1.72. The number of carboxylic acid groups (broad SMARTS) is 1. The zero-order chi connectivity index (χ0) is 10.6. The third kappa shape index (κ3) is 3.34. The van der Waals surface area contributed by atoms with Crippen LogP contribution in [0.2, 0.25) is 0 Å². The third-order valence-corrected chi connectivity index (χ3v) is 1.36. The minimum Gasteiger partial charge on any atom is -0.481 e. The highest BCUT2D eigenvalue weighted by Crippen LogP contribution is 2.12. The van der Waals surface area contributed by atoms with Gasteiger partial charge >= 0.3 is 12.6 Å². The summed E-state index contributed by atoms with van der Waals surface area (Å²) in [7, 11) is 0. The number of alkyl halides is 2. The van der Waals surface area contributed by atoms with Gasteiger partial charge in [0.05, 0.1) is 18.3 Å². The van der Waals surface area contributed by atoms with Crippen LogP contribution >= 0.6 is 0 Å². The molecule has 4 nitrogen and oxygen atoms in total. The van der Waals surface area contributed by atoms with Crippen molar-refractivity contribution in [1.29, 1.82) is 0 Å². The number of carboxylic acids is 1. The molecule has 1 aromatic rings. The van der Waals surface area contributed by atoms with E-state index in [1.165, 1.54) is 12.1 Å². The summed E-state index contributed by atoms with van der Waals surface area (Å²) in [5, 5.41) is 8.39. The standard InChI is InChI=1S/C8H7F2NO3/c9-8(10)14-6-2-1-5(11-4-6)3-7(12)13/h1-2,4,8H,3H2,(H,12,13). The van der Waals surface area contributed by atoms with Crippen molar-refractivity contribution in [2.24, 2.45) is 0 Å². The highest BCUT2D eigenvalue weighted by molar-refractivity contribution is 5.69. The second kappa shape index (κ2) is 4.50. The molecule has 1 N–H and O–H groups in total. The maximum absolute atomic E-state index is 11.7. The van der Waals surface area contributed by atoms with Gasteiger partial charge in [0.15, 0.2) is 0 Å². The molecule has 0 aliphatic heterocycles. The number of nitrogens with zero attached hydrogens (tertiary/aromatic N) is 1. The first kappa shape index (κ1) is 10.4. The van der Waals surface area contributed by atoms with Gasteiger partial charge in [-0.15, -0.1) is 0 Å². The summed E-state index contributed by atoms with van der Waals surface area (Å²) in [4.78, 5) is 13.9. The molecule has 1 aromatic heterocycles. The van der Waals surface area contributed by atoms with Gasteiger partial charge in [0.25, 0.3) is 0 Å². The van der Waals surface area contributed by atoms with E-state index in [-0.39, 0.29) is 12.2 Å². The summed E-state index contributed by atoms with van der Waals surface area (Å²) in [6.07, 6.45) is 0.819. The molecule has 0 fully saturated rings. The predicted octanol–water partition coefficient (Wildman–Crippen LogP) is 1.31. The highest BCUT2D eigenvalue weighted by Gasteiger charge is 2.05. The topological polar surface area (TPSA) is 59.4 Å². The molecule has 0 radical (unpaired) electrons. The lowest BCUT2D eigenvalue weighted by molar-refractivity contribution is -0.136. The Bertz CT molecular complexity index is 313. The van der Waals surface area contributed by atoms with Crippen LogP contribution in [0, 0.1) is 0 Å². The summed E-state index contributed by atoms with van der Waals surface area (Å²) in [6.45, 7) is -2.90. The van der Waals surface area contributed by atoms with E-state index in [2.05, 4.69) is 9.72 Å². The van der Waals surface area contributed by atoms with Crippen LogP contribution in [0.5, 0.6) is 5.75 Å². The first-order chi connectivity index (χ1) is 6.58. The van der Waals surface area contributed by atoms with Crippen molar-refractivity contribution in [2.45, 2.75) is 13.0 Å². The van der Waals surface area contributed by atoms with E-state index in [0.717, 1.165) is 6.20 Å². The second-order valence-electron chi connectivity index (χ2n) is 2.43. The Kier molecular flexibility index (Phi) is 3.33. The normalized spacial score (nSPS) is 10.2. The van der Waals surface area contributed by atoms with Gasteiger partial charge in [-0.2, -0.15) is 8.78 Å². The molecule has 0 amide bonds. The summed E-state index contributed by atoms with van der Waals surface area (Å²) in [5.41, 5.74) is 0.291. The van der Waals surface area contributed by atoms with E-state index in [1.807, 2.05) is 0 Å². The summed E-state index contributed by atoms with van der Waals surface area (Å²) in [6, 6.07) is 2.57. The molecule has 0 aliphatic carbocycles. The molecular formula is C8H7F2NO3. The van der Waals surface area contributed by atoms with Crippen molar-refractivity contribution >= 4 is 5.97 Å². The Morgan fingerprint density at radius 3 is 2.71 bits per heavy atom. The van der Waals surface area contributed by atoms with E-state index in [1.54, 1.807) is 0 Å². The maximum atomic E-state index is 11.7. The lowest BCUT2D eigenvalue weighted by Gasteiger charge is -2.03. The predicted molar refractivity (Wildman–Crippen MR) is 42.2 cm³/mol. The number of rotatable bonds is 4. The maximum Gasteiger partial charge on any atom is 0.387 e. The van der Waals surface area contributed by atoms with Gasteiger partial charge in [-0.3, -0.25) is 9.78 Å². The van der Waals surface area contributed by atoms with Crippen molar-refractivity contribution in [3.05, 3.63) is 24.0 Å². The van der Waals surface area contributed by atoms with Crippen LogP contribution in [-0.4, -0.2) is 22.7 Å². The van der Waals surface area contributed by atoms with E-state index in [9.17, 15) is 13.6 Å². The molecule has 1 rings (SSSR count). The van der Waals surface area contributed by atoms with Crippen LogP contribution in [0.3, 0.4) is 0 Å². The van der Waals surface area contributed by atoms with Crippen LogP contribution in [0.15, 0.2) is 18.3 Å². The molecule has 1 heterocycles. The average molecular weight is 203 g/mol. The van der Waals surface area contributed by atoms with Crippen LogP contribution in [0.25, 0.3) is 0 Å². The Balaban J connectivity index is 2.63. The van der Waals surface area contributed by atoms with Gasteiger partial charge in [0.2, 0.25) is 0 Å². The molecule has 0 saturated carbocycles. The van der Waals surface area contributed by atoms with E-state index < -0.39 is 12.6 Å². The highest BCUT2D eigenvalue weighted by atomic mass is 19.3. The van der Waals surface area contributed by atoms with E-state index >= 15 is 0 Å². The van der Waals surface area contributed by atoms with Crippen LogP contribution in [0.4, 0.5) is 8.78 Å². The minimum absolute atomic E-state index is 0.0888. The summed E-state index contributed by atoms with van der Waals surface area (Å²) >= 11 is 0. The van der Waals surface area contributed by atoms with Crippen molar-refractivity contribution in [2.75, 3.05) is 0 Å². The lowest BCUT2D eigenvalue weighted by Crippen LogP contribution is -2.04. The number of hydrogen-bond donors (Lipinski definition) is 1. The quantitative estimate of drug-likeness (QED) is 0.801. The Morgan fingerprint density at radius 2 is 2.29 bits per heavy atom. The monoisotopic (exact) mass is 203 g/mol. The van der Waals surface area contributed by atoms with Crippen LogP contribution in [0.1, 0.15) is 5.69 Å². The number of halogens is 2. The molecule has 14 heavy (non-hydrogen) atoms. The fourth-order valence-electron chi connectivity index (χ4n) is 0.843. The second-order valence-corrected chi connectivity index (χ2v) is 2.43. The molecule has 6 heteroatoms.